The number of hydrogen-bond donors (Lipinski definition) is 1. The van der Waals surface area contributed by atoms with Crippen LogP contribution in [0.3, 0.4) is 0 Å². The van der Waals surface area contributed by atoms with Gasteiger partial charge in [-0.15, -0.1) is 0 Å². The van der Waals surface area contributed by atoms with Crippen molar-refractivity contribution in [1.82, 2.24) is 0 Å². The summed E-state index contributed by atoms with van der Waals surface area (Å²) in [5.41, 5.74) is 4.68. The predicted molar refractivity (Wildman–Crippen MR) is 117 cm³/mol. The van der Waals surface area contributed by atoms with Crippen LogP contribution in [0.1, 0.15) is 31.9 Å². The first-order valence-electron chi connectivity index (χ1n) is 9.50. The molecule has 2 aromatic rings. The van der Waals surface area contributed by atoms with E-state index in [0.29, 0.717) is 11.5 Å². The maximum Gasteiger partial charge on any atom is 0.248 e. The van der Waals surface area contributed by atoms with E-state index < -0.39 is 0 Å². The zero-order valence-corrected chi connectivity index (χ0v) is 17.6. The molecule has 2 rings (SSSR count). The number of ether oxygens (including phenoxy) is 2. The number of allylic oxidation sites excluding steroid dienone is 1. The molecule has 0 heterocycles. The largest absolute Gasteiger partial charge is 0.497 e. The lowest BCUT2D eigenvalue weighted by atomic mass is 10.1. The van der Waals surface area contributed by atoms with Crippen LogP contribution in [0.25, 0.3) is 5.57 Å². The molecule has 1 amide bonds. The van der Waals surface area contributed by atoms with Gasteiger partial charge >= 0.3 is 0 Å². The number of aryl methyl sites for hydroxylation is 1. The summed E-state index contributed by atoms with van der Waals surface area (Å²) in [5.74, 6) is 1.21. The van der Waals surface area contributed by atoms with E-state index >= 15 is 0 Å². The Kier molecular flexibility index (Phi) is 7.50. The molecule has 0 bridgehead atoms. The first-order valence-corrected chi connectivity index (χ1v) is 9.50. The van der Waals surface area contributed by atoms with Gasteiger partial charge in [0.2, 0.25) is 5.91 Å². The van der Waals surface area contributed by atoms with Crippen LogP contribution in [0, 0.1) is 6.92 Å². The Morgan fingerprint density at radius 2 is 1.79 bits per heavy atom. The molecule has 1 N–H and O–H groups in total. The lowest BCUT2D eigenvalue weighted by Crippen LogP contribution is -2.22. The third kappa shape index (κ3) is 5.06. The second-order valence-corrected chi connectivity index (χ2v) is 6.55. The maximum absolute atomic E-state index is 12.5. The molecule has 2 aromatic carbocycles. The Balaban J connectivity index is 2.19. The van der Waals surface area contributed by atoms with Crippen molar-refractivity contribution < 1.29 is 14.3 Å². The van der Waals surface area contributed by atoms with Gasteiger partial charge in [-0.3, -0.25) is 4.79 Å². The van der Waals surface area contributed by atoms with Gasteiger partial charge in [0, 0.05) is 42.2 Å². The van der Waals surface area contributed by atoms with E-state index in [4.69, 9.17) is 9.47 Å². The van der Waals surface area contributed by atoms with E-state index in [2.05, 4.69) is 30.1 Å². The molecule has 0 saturated heterocycles. The van der Waals surface area contributed by atoms with E-state index in [1.165, 1.54) is 0 Å². The number of methoxy groups -OCH3 is 2. The maximum atomic E-state index is 12.5. The smallest absolute Gasteiger partial charge is 0.248 e. The second-order valence-electron chi connectivity index (χ2n) is 6.55. The van der Waals surface area contributed by atoms with E-state index in [1.807, 2.05) is 38.1 Å². The number of amides is 1. The van der Waals surface area contributed by atoms with Gasteiger partial charge in [0.15, 0.2) is 0 Å². The van der Waals surface area contributed by atoms with Crippen LogP contribution in [0.5, 0.6) is 11.5 Å². The molecule has 150 valence electrons. The minimum atomic E-state index is -0.172. The molecule has 0 atom stereocenters. The molecule has 28 heavy (non-hydrogen) atoms. The van der Waals surface area contributed by atoms with Crippen LogP contribution in [0.4, 0.5) is 11.4 Å². The average Bonchev–Trinajstić information content (AvgIpc) is 2.70. The molecule has 0 aliphatic heterocycles. The fraction of sp³-hybridized carbons (Fsp3) is 0.348. The highest BCUT2D eigenvalue weighted by Crippen LogP contribution is 2.30. The molecule has 0 radical (unpaired) electrons. The first kappa shape index (κ1) is 21.4. The van der Waals surface area contributed by atoms with Crippen molar-refractivity contribution in [2.24, 2.45) is 0 Å². The third-order valence-corrected chi connectivity index (χ3v) is 4.78. The van der Waals surface area contributed by atoms with Crippen molar-refractivity contribution in [3.63, 3.8) is 0 Å². The molecule has 0 aliphatic carbocycles. The Hall–Kier alpha value is -2.95. The molecule has 0 spiro atoms. The van der Waals surface area contributed by atoms with E-state index in [1.54, 1.807) is 26.4 Å². The van der Waals surface area contributed by atoms with Gasteiger partial charge < -0.3 is 19.7 Å². The number of carbonyl (C=O) groups is 1. The molecule has 0 aliphatic rings. The average molecular weight is 383 g/mol. The summed E-state index contributed by atoms with van der Waals surface area (Å²) in [5, 5.41) is 2.97. The molecule has 5 nitrogen and oxygen atoms in total. The summed E-state index contributed by atoms with van der Waals surface area (Å²) in [6.07, 6.45) is 1.59. The van der Waals surface area contributed by atoms with Crippen LogP contribution in [0.15, 0.2) is 42.5 Å². The Labute approximate surface area is 168 Å². The summed E-state index contributed by atoms with van der Waals surface area (Å²) < 4.78 is 10.7. The predicted octanol–water partition coefficient (Wildman–Crippen LogP) is 4.90. The zero-order valence-electron chi connectivity index (χ0n) is 17.6. The molecular weight excluding hydrogens is 352 g/mol. The minimum absolute atomic E-state index is 0.172. The van der Waals surface area contributed by atoms with Gasteiger partial charge in [-0.05, 0) is 69.2 Å². The highest BCUT2D eigenvalue weighted by Gasteiger charge is 2.10. The van der Waals surface area contributed by atoms with Gasteiger partial charge in [-0.25, -0.2) is 0 Å². The first-order chi connectivity index (χ1) is 13.4. The Bertz CT molecular complexity index is 855. The van der Waals surface area contributed by atoms with Crippen molar-refractivity contribution in [2.75, 3.05) is 37.5 Å². The van der Waals surface area contributed by atoms with Gasteiger partial charge in [-0.2, -0.15) is 0 Å². The number of benzene rings is 2. The summed E-state index contributed by atoms with van der Waals surface area (Å²) in [7, 11) is 3.21. The van der Waals surface area contributed by atoms with E-state index in [9.17, 15) is 4.79 Å². The van der Waals surface area contributed by atoms with Crippen LogP contribution < -0.4 is 19.7 Å². The number of carbonyl (C=O) groups excluding carboxylic acids is 1. The molecule has 0 fully saturated rings. The van der Waals surface area contributed by atoms with Crippen LogP contribution >= 0.6 is 0 Å². The molecule has 0 saturated carbocycles. The van der Waals surface area contributed by atoms with Gasteiger partial charge in [0.1, 0.15) is 11.5 Å². The van der Waals surface area contributed by atoms with E-state index in [0.717, 1.165) is 41.2 Å². The number of nitrogens with one attached hydrogen (secondary N) is 1. The van der Waals surface area contributed by atoms with Crippen molar-refractivity contribution >= 4 is 22.9 Å². The normalized spacial score (nSPS) is 11.1. The standard InChI is InChI=1S/C23H30N2O3/c1-7-25(8-2)18-9-12-21(17(4)13-18)24-23(26)14-16(3)20-11-10-19(27-5)15-22(20)28-6/h9-15H,7-8H2,1-6H3,(H,24,26)/b16-14+. The van der Waals surface area contributed by atoms with Gasteiger partial charge in [0.25, 0.3) is 0 Å². The second kappa shape index (κ2) is 9.83. The third-order valence-electron chi connectivity index (χ3n) is 4.78. The summed E-state index contributed by atoms with van der Waals surface area (Å²) in [6.45, 7) is 10.1. The highest BCUT2D eigenvalue weighted by molar-refractivity contribution is 6.04. The Morgan fingerprint density at radius 1 is 1.07 bits per heavy atom. The fourth-order valence-electron chi connectivity index (χ4n) is 3.14. The van der Waals surface area contributed by atoms with Crippen LogP contribution in [-0.2, 0) is 4.79 Å². The number of hydrogen-bond acceptors (Lipinski definition) is 4. The van der Waals surface area contributed by atoms with Gasteiger partial charge in [0.05, 0.1) is 14.2 Å². The van der Waals surface area contributed by atoms with E-state index in [-0.39, 0.29) is 5.91 Å². The van der Waals surface area contributed by atoms with Crippen LogP contribution in [-0.4, -0.2) is 33.2 Å². The Morgan fingerprint density at radius 3 is 2.36 bits per heavy atom. The number of rotatable bonds is 8. The molecular formula is C23H30N2O3. The summed E-state index contributed by atoms with van der Waals surface area (Å²) >= 11 is 0. The van der Waals surface area contributed by atoms with Crippen molar-refractivity contribution in [3.05, 3.63) is 53.6 Å². The molecule has 0 aromatic heterocycles. The number of anilines is 2. The summed E-state index contributed by atoms with van der Waals surface area (Å²) in [4.78, 5) is 14.8. The number of nitrogens with zero attached hydrogens (tertiary/aromatic N) is 1. The SMILES string of the molecule is CCN(CC)c1ccc(NC(=O)/C=C(\C)c2ccc(OC)cc2OC)c(C)c1. The van der Waals surface area contributed by atoms with Crippen molar-refractivity contribution in [3.8, 4) is 11.5 Å². The fourth-order valence-corrected chi connectivity index (χ4v) is 3.14. The monoisotopic (exact) mass is 382 g/mol. The van der Waals surface area contributed by atoms with Crippen LogP contribution in [0.2, 0.25) is 0 Å². The van der Waals surface area contributed by atoms with Crippen molar-refractivity contribution in [1.29, 1.82) is 0 Å². The quantitative estimate of drug-likeness (QED) is 0.660. The highest BCUT2D eigenvalue weighted by atomic mass is 16.5. The van der Waals surface area contributed by atoms with Crippen molar-refractivity contribution in [2.45, 2.75) is 27.7 Å². The topological polar surface area (TPSA) is 50.8 Å². The molecule has 0 unspecified atom stereocenters. The summed E-state index contributed by atoms with van der Waals surface area (Å²) in [6, 6.07) is 11.6. The lowest BCUT2D eigenvalue weighted by Gasteiger charge is -2.22. The zero-order chi connectivity index (χ0) is 20.7. The lowest BCUT2D eigenvalue weighted by molar-refractivity contribution is -0.111. The minimum Gasteiger partial charge on any atom is -0.497 e. The molecule has 5 heteroatoms. The van der Waals surface area contributed by atoms with Gasteiger partial charge in [-0.1, -0.05) is 0 Å².